The molecule has 3 rings (SSSR count). The highest BCUT2D eigenvalue weighted by Gasteiger charge is 2.45. The van der Waals surface area contributed by atoms with E-state index in [-0.39, 0.29) is 38.5 Å². The van der Waals surface area contributed by atoms with Crippen molar-refractivity contribution in [2.45, 2.75) is 63.5 Å². The molecule has 0 spiro atoms. The van der Waals surface area contributed by atoms with Crippen LogP contribution in [0.15, 0.2) is 48.9 Å². The standard InChI is InChI=1S/C30H47BN6O12P2/c1-22(2)10-11-26(35-27(38)24(20-23-8-4-3-5-9-23)34-28(39)25-21-32-12-13-33-25)31-48-17-6-14-37(15-7-18-49-31)16-19-47-29(40)36-30(50(41,42)43)51(44,45)46/h3-5,8-9,12-13,21-22,24,26,30H,6-7,10-11,14-20H2,1-2H3,(H,34,39)(H,35,38)(H,36,40)(H2,41,42,43)(H2,44,45,46)/t24-,26-/m1/s1. The lowest BCUT2D eigenvalue weighted by Gasteiger charge is -2.29. The molecule has 0 saturated carbocycles. The SMILES string of the molecule is CC(C)CC[C@@H](NC(=O)[C@@H](Cc1ccccc1)NC(=O)c1cnccn1)B1OCCCN(CCOC(=O)NC(P(=O)(O)O)P(=O)(O)O)CCCO1. The van der Waals surface area contributed by atoms with E-state index in [1.165, 1.54) is 18.6 Å². The molecule has 1 aliphatic heterocycles. The Morgan fingerprint density at radius 3 is 2.16 bits per heavy atom. The van der Waals surface area contributed by atoms with Crippen LogP contribution in [0.4, 0.5) is 4.79 Å². The summed E-state index contributed by atoms with van der Waals surface area (Å²) in [5.74, 6) is -1.14. The summed E-state index contributed by atoms with van der Waals surface area (Å²) in [5, 5.41) is 7.44. The Kier molecular flexibility index (Phi) is 17.1. The number of hydrogen-bond acceptors (Lipinski definition) is 11. The van der Waals surface area contributed by atoms with Gasteiger partial charge in [-0.2, -0.15) is 0 Å². The third kappa shape index (κ3) is 15.5. The van der Waals surface area contributed by atoms with Gasteiger partial charge in [-0.3, -0.25) is 33.9 Å². The molecule has 2 heterocycles. The normalized spacial score (nSPS) is 16.3. The monoisotopic (exact) mass is 756 g/mol. The Bertz CT molecular complexity index is 1450. The molecule has 0 radical (unpaired) electrons. The van der Waals surface area contributed by atoms with Gasteiger partial charge in [0.1, 0.15) is 18.3 Å². The molecule has 21 heteroatoms. The van der Waals surface area contributed by atoms with E-state index in [2.05, 4.69) is 34.4 Å². The van der Waals surface area contributed by atoms with Gasteiger partial charge in [0, 0.05) is 51.7 Å². The fourth-order valence-corrected chi connectivity index (χ4v) is 7.26. The van der Waals surface area contributed by atoms with Crippen LogP contribution in [0.3, 0.4) is 0 Å². The van der Waals surface area contributed by atoms with Crippen molar-refractivity contribution >= 4 is 40.2 Å². The zero-order chi connectivity index (χ0) is 37.4. The van der Waals surface area contributed by atoms with Crippen molar-refractivity contribution in [3.63, 3.8) is 0 Å². The van der Waals surface area contributed by atoms with Crippen LogP contribution in [0.2, 0.25) is 0 Å². The van der Waals surface area contributed by atoms with Gasteiger partial charge in [-0.15, -0.1) is 0 Å². The number of ether oxygens (including phenoxy) is 1. The molecule has 18 nitrogen and oxygen atoms in total. The minimum atomic E-state index is -5.35. The van der Waals surface area contributed by atoms with Gasteiger partial charge in [0.05, 0.1) is 12.1 Å². The quantitative estimate of drug-likeness (QED) is 0.0940. The van der Waals surface area contributed by atoms with Crippen LogP contribution < -0.4 is 16.0 Å². The van der Waals surface area contributed by atoms with E-state index >= 15 is 0 Å². The molecule has 2 atom stereocenters. The first-order valence-electron chi connectivity index (χ1n) is 16.5. The number of hydrogen-bond donors (Lipinski definition) is 7. The largest absolute Gasteiger partial charge is 0.480 e. The lowest BCUT2D eigenvalue weighted by molar-refractivity contribution is -0.123. The van der Waals surface area contributed by atoms with E-state index in [0.29, 0.717) is 38.3 Å². The maximum absolute atomic E-state index is 13.8. The van der Waals surface area contributed by atoms with Gasteiger partial charge in [0.15, 0.2) is 0 Å². The lowest BCUT2D eigenvalue weighted by Crippen LogP contribution is -2.56. The van der Waals surface area contributed by atoms with Gasteiger partial charge in [-0.1, -0.05) is 44.2 Å². The second-order valence-electron chi connectivity index (χ2n) is 12.4. The fraction of sp³-hybridized carbons (Fsp3) is 0.567. The first-order chi connectivity index (χ1) is 24.1. The zero-order valence-corrected chi connectivity index (χ0v) is 30.4. The van der Waals surface area contributed by atoms with Crippen molar-refractivity contribution in [1.82, 2.24) is 30.8 Å². The number of nitrogens with zero attached hydrogens (tertiary/aromatic N) is 3. The highest BCUT2D eigenvalue weighted by molar-refractivity contribution is 7.70. The average molecular weight is 756 g/mol. The number of aromatic nitrogens is 2. The first kappa shape index (κ1) is 42.2. The summed E-state index contributed by atoms with van der Waals surface area (Å²) in [5.41, 5.74) is -1.78. The predicted octanol–water partition coefficient (Wildman–Crippen LogP) is 1.26. The Morgan fingerprint density at radius 2 is 1.59 bits per heavy atom. The summed E-state index contributed by atoms with van der Waals surface area (Å²) in [6.45, 7) is 5.74. The number of carbonyl (C=O) groups excluding carboxylic acids is 3. The smallest absolute Gasteiger partial charge is 0.448 e. The van der Waals surface area contributed by atoms with Crippen molar-refractivity contribution in [2.75, 3.05) is 39.5 Å². The van der Waals surface area contributed by atoms with Gasteiger partial charge in [0.2, 0.25) is 11.4 Å². The van der Waals surface area contributed by atoms with E-state index in [1.54, 1.807) is 5.32 Å². The summed E-state index contributed by atoms with van der Waals surface area (Å²) in [6, 6.07) is 8.39. The third-order valence-corrected chi connectivity index (χ3v) is 11.1. The number of amides is 3. The highest BCUT2D eigenvalue weighted by atomic mass is 31.2. The molecule has 0 bridgehead atoms. The van der Waals surface area contributed by atoms with Crippen molar-refractivity contribution < 1.29 is 57.1 Å². The number of benzene rings is 1. The molecule has 1 saturated heterocycles. The van der Waals surface area contributed by atoms with E-state index in [1.807, 2.05) is 35.2 Å². The van der Waals surface area contributed by atoms with Crippen molar-refractivity contribution in [1.29, 1.82) is 0 Å². The van der Waals surface area contributed by atoms with Gasteiger partial charge in [-0.25, -0.2) is 9.78 Å². The van der Waals surface area contributed by atoms with Crippen LogP contribution in [0.5, 0.6) is 0 Å². The van der Waals surface area contributed by atoms with Crippen LogP contribution in [0, 0.1) is 5.92 Å². The van der Waals surface area contributed by atoms with Gasteiger partial charge in [0.25, 0.3) is 5.91 Å². The summed E-state index contributed by atoms with van der Waals surface area (Å²) in [7, 11) is -11.5. The molecule has 3 amide bonds. The maximum Gasteiger partial charge on any atom is 0.480 e. The number of nitrogens with one attached hydrogen (secondary N) is 3. The Morgan fingerprint density at radius 1 is 0.941 bits per heavy atom. The Balaban J connectivity index is 1.60. The molecule has 2 aromatic rings. The molecule has 282 valence electrons. The van der Waals surface area contributed by atoms with E-state index in [0.717, 1.165) is 12.0 Å². The summed E-state index contributed by atoms with van der Waals surface area (Å²) in [6.07, 6.45) is 5.44. The Labute approximate surface area is 296 Å². The van der Waals surface area contributed by atoms with Gasteiger partial charge < -0.3 is 44.3 Å². The summed E-state index contributed by atoms with van der Waals surface area (Å²) >= 11 is 0. The molecule has 0 unspecified atom stereocenters. The van der Waals surface area contributed by atoms with Crippen LogP contribution >= 0.6 is 15.2 Å². The van der Waals surface area contributed by atoms with Crippen LogP contribution in [-0.2, 0) is 34.4 Å². The van der Waals surface area contributed by atoms with Crippen LogP contribution in [0.1, 0.15) is 55.6 Å². The highest BCUT2D eigenvalue weighted by Crippen LogP contribution is 2.58. The minimum absolute atomic E-state index is 0.0797. The number of carbonyl (C=O) groups is 3. The molecular formula is C30H47BN6O12P2. The summed E-state index contributed by atoms with van der Waals surface area (Å²) in [4.78, 5) is 85.5. The van der Waals surface area contributed by atoms with Crippen LogP contribution in [-0.4, -0.2) is 116 Å². The Hall–Kier alpha value is -3.25. The van der Waals surface area contributed by atoms with Gasteiger partial charge >= 0.3 is 28.4 Å². The topological polar surface area (TPSA) is 259 Å². The van der Waals surface area contributed by atoms with Crippen LogP contribution in [0.25, 0.3) is 0 Å². The average Bonchev–Trinajstić information content (AvgIpc) is 3.07. The van der Waals surface area contributed by atoms with E-state index < -0.39 is 57.7 Å². The van der Waals surface area contributed by atoms with Gasteiger partial charge in [-0.05, 0) is 37.2 Å². The van der Waals surface area contributed by atoms with E-state index in [4.69, 9.17) is 14.0 Å². The predicted molar refractivity (Wildman–Crippen MR) is 185 cm³/mol. The second kappa shape index (κ2) is 20.7. The number of alkyl carbamates (subject to hydrolysis) is 1. The van der Waals surface area contributed by atoms with Crippen molar-refractivity contribution in [3.8, 4) is 0 Å². The molecule has 1 aromatic carbocycles. The molecule has 1 aliphatic rings. The third-order valence-electron chi connectivity index (χ3n) is 7.74. The lowest BCUT2D eigenvalue weighted by atomic mass is 9.74. The zero-order valence-electron chi connectivity index (χ0n) is 28.6. The molecule has 51 heavy (non-hydrogen) atoms. The number of rotatable bonds is 16. The van der Waals surface area contributed by atoms with E-state index in [9.17, 15) is 43.1 Å². The fourth-order valence-electron chi connectivity index (χ4n) is 5.15. The van der Waals surface area contributed by atoms with Crippen molar-refractivity contribution in [2.24, 2.45) is 5.92 Å². The molecular weight excluding hydrogens is 709 g/mol. The van der Waals surface area contributed by atoms with Crippen molar-refractivity contribution in [3.05, 3.63) is 60.2 Å². The molecule has 0 aliphatic carbocycles. The summed E-state index contributed by atoms with van der Waals surface area (Å²) < 4.78 is 40.0. The maximum atomic E-state index is 13.8. The second-order valence-corrected chi connectivity index (χ2v) is 16.2. The molecule has 1 fully saturated rings. The molecule has 7 N–H and O–H groups in total. The minimum Gasteiger partial charge on any atom is -0.448 e. The first-order valence-corrected chi connectivity index (χ1v) is 19.9. The molecule has 1 aromatic heterocycles.